The maximum absolute atomic E-state index is 12.0. The highest BCUT2D eigenvalue weighted by atomic mass is 19.4. The third-order valence-corrected chi connectivity index (χ3v) is 2.31. The van der Waals surface area contributed by atoms with Gasteiger partial charge in [0.15, 0.2) is 12.0 Å². The molecule has 3 nitrogen and oxygen atoms in total. The van der Waals surface area contributed by atoms with E-state index in [1.54, 1.807) is 25.1 Å². The number of ether oxygens (including phenoxy) is 1. The van der Waals surface area contributed by atoms with Crippen molar-refractivity contribution in [2.45, 2.75) is 13.1 Å². The summed E-state index contributed by atoms with van der Waals surface area (Å²) >= 11 is 0. The molecule has 0 unspecified atom stereocenters. The van der Waals surface area contributed by atoms with Crippen molar-refractivity contribution in [3.8, 4) is 5.95 Å². The molecule has 1 heterocycles. The number of rotatable bonds is 2. The molecule has 18 heavy (non-hydrogen) atoms. The van der Waals surface area contributed by atoms with E-state index in [4.69, 9.17) is 4.42 Å². The molecule has 0 bridgehead atoms. The first-order valence-electron chi connectivity index (χ1n) is 5.10. The summed E-state index contributed by atoms with van der Waals surface area (Å²) in [7, 11) is 0. The van der Waals surface area contributed by atoms with Gasteiger partial charge in [0, 0.05) is 0 Å². The number of alkyl halides is 3. The average molecular weight is 258 g/mol. The zero-order chi connectivity index (χ0) is 13.3. The van der Waals surface area contributed by atoms with Crippen LogP contribution < -0.4 is 10.2 Å². The molecule has 1 aromatic carbocycles. The van der Waals surface area contributed by atoms with E-state index < -0.39 is 24.2 Å². The van der Waals surface area contributed by atoms with Crippen molar-refractivity contribution in [1.29, 1.82) is 0 Å². The molecule has 0 aliphatic carbocycles. The summed E-state index contributed by atoms with van der Waals surface area (Å²) in [4.78, 5) is 11.7. The summed E-state index contributed by atoms with van der Waals surface area (Å²) in [5.74, 6) is -0.431. The van der Waals surface area contributed by atoms with E-state index in [-0.39, 0.29) is 5.58 Å². The van der Waals surface area contributed by atoms with Crippen LogP contribution in [0.25, 0.3) is 11.0 Å². The Kier molecular flexibility index (Phi) is 3.02. The van der Waals surface area contributed by atoms with E-state index in [2.05, 4.69) is 4.74 Å². The van der Waals surface area contributed by atoms with E-state index in [1.807, 2.05) is 0 Å². The van der Waals surface area contributed by atoms with E-state index >= 15 is 0 Å². The highest BCUT2D eigenvalue weighted by Crippen LogP contribution is 2.22. The normalized spacial score (nSPS) is 11.8. The SMILES string of the molecule is Cc1cccc2c(=O)cc(OCC(F)(F)F)oc12. The molecule has 0 N–H and O–H groups in total. The molecule has 0 amide bonds. The number of hydrogen-bond donors (Lipinski definition) is 0. The number of aryl methyl sites for hydroxylation is 1. The highest BCUT2D eigenvalue weighted by Gasteiger charge is 2.29. The van der Waals surface area contributed by atoms with Gasteiger partial charge in [-0.3, -0.25) is 4.79 Å². The molecule has 0 radical (unpaired) electrons. The van der Waals surface area contributed by atoms with Crippen LogP contribution in [0.15, 0.2) is 33.5 Å². The van der Waals surface area contributed by atoms with Crippen molar-refractivity contribution in [3.05, 3.63) is 40.1 Å². The summed E-state index contributed by atoms with van der Waals surface area (Å²) in [6.45, 7) is 0.201. The first kappa shape index (κ1) is 12.5. The third kappa shape index (κ3) is 2.64. The standard InChI is InChI=1S/C12H9F3O3/c1-7-3-2-4-8-9(16)5-10(18-11(7)8)17-6-12(13,14)15/h2-5H,6H2,1H3. The Labute approximate surface area is 99.8 Å². The summed E-state index contributed by atoms with van der Waals surface area (Å²) < 4.78 is 45.5. The fourth-order valence-electron chi connectivity index (χ4n) is 1.52. The summed E-state index contributed by atoms with van der Waals surface area (Å²) in [6, 6.07) is 5.82. The Balaban J connectivity index is 2.43. The van der Waals surface area contributed by atoms with Gasteiger partial charge in [0.25, 0.3) is 5.95 Å². The molecule has 96 valence electrons. The zero-order valence-electron chi connectivity index (χ0n) is 9.38. The Morgan fingerprint density at radius 3 is 2.72 bits per heavy atom. The minimum atomic E-state index is -4.47. The second-order valence-electron chi connectivity index (χ2n) is 3.79. The first-order valence-corrected chi connectivity index (χ1v) is 5.10. The van der Waals surface area contributed by atoms with Crippen LogP contribution >= 0.6 is 0 Å². The molecule has 0 atom stereocenters. The van der Waals surface area contributed by atoms with Gasteiger partial charge in [-0.15, -0.1) is 0 Å². The summed E-state index contributed by atoms with van der Waals surface area (Å²) in [5, 5.41) is 0.314. The van der Waals surface area contributed by atoms with Gasteiger partial charge in [0.1, 0.15) is 5.58 Å². The van der Waals surface area contributed by atoms with E-state index in [1.165, 1.54) is 0 Å². The van der Waals surface area contributed by atoms with E-state index in [9.17, 15) is 18.0 Å². The smallest absolute Gasteiger partial charge is 0.422 e. The highest BCUT2D eigenvalue weighted by molar-refractivity contribution is 5.79. The molecule has 0 saturated carbocycles. The molecule has 0 spiro atoms. The summed E-state index contributed by atoms with van der Waals surface area (Å²) in [6.07, 6.45) is -4.47. The van der Waals surface area contributed by atoms with Gasteiger partial charge in [-0.2, -0.15) is 13.2 Å². The lowest BCUT2D eigenvalue weighted by Gasteiger charge is -2.08. The monoisotopic (exact) mass is 258 g/mol. The second-order valence-corrected chi connectivity index (χ2v) is 3.79. The topological polar surface area (TPSA) is 39.4 Å². The van der Waals surface area contributed by atoms with Gasteiger partial charge in [0.2, 0.25) is 0 Å². The Morgan fingerprint density at radius 2 is 2.06 bits per heavy atom. The van der Waals surface area contributed by atoms with Crippen LogP contribution in [0, 0.1) is 6.92 Å². The van der Waals surface area contributed by atoms with Crippen LogP contribution in [0.2, 0.25) is 0 Å². The van der Waals surface area contributed by atoms with Gasteiger partial charge in [0.05, 0.1) is 11.5 Å². The largest absolute Gasteiger partial charge is 0.455 e. The Bertz CT molecular complexity index is 628. The minimum Gasteiger partial charge on any atom is -0.455 e. The van der Waals surface area contributed by atoms with E-state index in [0.29, 0.717) is 10.9 Å². The molecule has 1 aromatic heterocycles. The van der Waals surface area contributed by atoms with Crippen molar-refractivity contribution in [3.63, 3.8) is 0 Å². The van der Waals surface area contributed by atoms with Crippen LogP contribution in [-0.4, -0.2) is 12.8 Å². The maximum atomic E-state index is 12.0. The number of hydrogen-bond acceptors (Lipinski definition) is 3. The minimum absolute atomic E-state index is 0.238. The van der Waals surface area contributed by atoms with Crippen LogP contribution in [0.5, 0.6) is 5.95 Å². The number of fused-ring (bicyclic) bond motifs is 1. The number of halogens is 3. The fourth-order valence-corrected chi connectivity index (χ4v) is 1.52. The van der Waals surface area contributed by atoms with Gasteiger partial charge in [-0.05, 0) is 18.6 Å². The molecular formula is C12H9F3O3. The van der Waals surface area contributed by atoms with Gasteiger partial charge >= 0.3 is 6.18 Å². The number of para-hydroxylation sites is 1. The molecule has 0 fully saturated rings. The van der Waals surface area contributed by atoms with Gasteiger partial charge in [-0.25, -0.2) is 0 Å². The van der Waals surface area contributed by atoms with Crippen LogP contribution in [0.1, 0.15) is 5.56 Å². The lowest BCUT2D eigenvalue weighted by atomic mass is 10.1. The number of benzene rings is 1. The van der Waals surface area contributed by atoms with E-state index in [0.717, 1.165) is 6.07 Å². The lowest BCUT2D eigenvalue weighted by molar-refractivity contribution is -0.156. The van der Waals surface area contributed by atoms with Crippen molar-refractivity contribution >= 4 is 11.0 Å². The Morgan fingerprint density at radius 1 is 1.33 bits per heavy atom. The maximum Gasteiger partial charge on any atom is 0.422 e. The predicted molar refractivity (Wildman–Crippen MR) is 58.8 cm³/mol. The fraction of sp³-hybridized carbons (Fsp3) is 0.250. The van der Waals surface area contributed by atoms with Crippen LogP contribution in [-0.2, 0) is 0 Å². The van der Waals surface area contributed by atoms with Crippen LogP contribution in [0.4, 0.5) is 13.2 Å². The molecular weight excluding hydrogens is 249 g/mol. The molecule has 6 heteroatoms. The van der Waals surface area contributed by atoms with Crippen molar-refractivity contribution in [2.75, 3.05) is 6.61 Å². The zero-order valence-corrected chi connectivity index (χ0v) is 9.38. The molecule has 2 rings (SSSR count). The Hall–Kier alpha value is -1.98. The molecule has 2 aromatic rings. The quantitative estimate of drug-likeness (QED) is 0.831. The van der Waals surface area contributed by atoms with Gasteiger partial charge in [-0.1, -0.05) is 12.1 Å². The third-order valence-electron chi connectivity index (χ3n) is 2.31. The molecule has 0 aliphatic heterocycles. The molecule has 0 saturated heterocycles. The van der Waals surface area contributed by atoms with Crippen LogP contribution in [0.3, 0.4) is 0 Å². The average Bonchev–Trinajstić information content (AvgIpc) is 2.27. The molecule has 0 aliphatic rings. The van der Waals surface area contributed by atoms with Crippen molar-refractivity contribution in [2.24, 2.45) is 0 Å². The predicted octanol–water partition coefficient (Wildman–Crippen LogP) is 3.04. The first-order chi connectivity index (χ1) is 8.37. The summed E-state index contributed by atoms with van der Waals surface area (Å²) in [5.41, 5.74) is 0.460. The van der Waals surface area contributed by atoms with Crippen molar-refractivity contribution in [1.82, 2.24) is 0 Å². The second kappa shape index (κ2) is 4.36. The lowest BCUT2D eigenvalue weighted by Crippen LogP contribution is -2.19. The van der Waals surface area contributed by atoms with Gasteiger partial charge < -0.3 is 9.15 Å². The van der Waals surface area contributed by atoms with Crippen molar-refractivity contribution < 1.29 is 22.3 Å².